The summed E-state index contributed by atoms with van der Waals surface area (Å²) < 4.78 is 5.51. The Balaban J connectivity index is 2.01. The Morgan fingerprint density at radius 1 is 1.20 bits per heavy atom. The van der Waals surface area contributed by atoms with Crippen molar-refractivity contribution in [1.82, 2.24) is 10.2 Å². The lowest BCUT2D eigenvalue weighted by Gasteiger charge is -2.48. The molecule has 20 heavy (non-hydrogen) atoms. The van der Waals surface area contributed by atoms with Crippen molar-refractivity contribution in [3.63, 3.8) is 0 Å². The number of nitrogens with one attached hydrogen (secondary N) is 1. The Labute approximate surface area is 125 Å². The molecule has 0 aromatic rings. The summed E-state index contributed by atoms with van der Waals surface area (Å²) in [5, 5.41) is 3.78. The monoisotopic (exact) mass is 282 g/mol. The minimum Gasteiger partial charge on any atom is -0.381 e. The van der Waals surface area contributed by atoms with E-state index in [2.05, 4.69) is 44.8 Å². The van der Waals surface area contributed by atoms with Gasteiger partial charge in [0.2, 0.25) is 0 Å². The summed E-state index contributed by atoms with van der Waals surface area (Å²) in [6.45, 7) is 17.3. The lowest BCUT2D eigenvalue weighted by atomic mass is 9.82. The summed E-state index contributed by atoms with van der Waals surface area (Å²) >= 11 is 0. The highest BCUT2D eigenvalue weighted by atomic mass is 16.5. The van der Waals surface area contributed by atoms with Crippen LogP contribution in [0.3, 0.4) is 0 Å². The Bertz CT molecular complexity index is 292. The molecule has 2 rings (SSSR count). The molecule has 2 aliphatic rings. The van der Waals surface area contributed by atoms with Crippen LogP contribution in [0.2, 0.25) is 0 Å². The highest BCUT2D eigenvalue weighted by Gasteiger charge is 2.37. The van der Waals surface area contributed by atoms with Gasteiger partial charge < -0.3 is 10.1 Å². The van der Waals surface area contributed by atoms with E-state index in [1.807, 2.05) is 0 Å². The zero-order valence-corrected chi connectivity index (χ0v) is 14.1. The number of hydrogen-bond acceptors (Lipinski definition) is 3. The van der Waals surface area contributed by atoms with E-state index >= 15 is 0 Å². The third kappa shape index (κ3) is 4.19. The van der Waals surface area contributed by atoms with Gasteiger partial charge in [-0.1, -0.05) is 34.6 Å². The van der Waals surface area contributed by atoms with E-state index in [4.69, 9.17) is 4.74 Å². The SMILES string of the molecule is CC(C)C1CN(CC2CCOCC2)C(C(C)(C)C)CN1. The molecule has 0 aliphatic carbocycles. The molecule has 0 bridgehead atoms. The summed E-state index contributed by atoms with van der Waals surface area (Å²) in [6, 6.07) is 1.30. The quantitative estimate of drug-likeness (QED) is 0.861. The Kier molecular flexibility index (Phi) is 5.49. The van der Waals surface area contributed by atoms with Crippen LogP contribution in [0.4, 0.5) is 0 Å². The Morgan fingerprint density at radius 2 is 1.85 bits per heavy atom. The lowest BCUT2D eigenvalue weighted by Crippen LogP contribution is -2.62. The second kappa shape index (κ2) is 6.76. The Morgan fingerprint density at radius 3 is 2.40 bits per heavy atom. The maximum atomic E-state index is 5.51. The van der Waals surface area contributed by atoms with E-state index in [9.17, 15) is 0 Å². The molecule has 3 heteroatoms. The van der Waals surface area contributed by atoms with E-state index in [-0.39, 0.29) is 0 Å². The van der Waals surface area contributed by atoms with Gasteiger partial charge in [0, 0.05) is 44.9 Å². The smallest absolute Gasteiger partial charge is 0.0469 e. The molecule has 0 spiro atoms. The summed E-state index contributed by atoms with van der Waals surface area (Å²) in [7, 11) is 0. The maximum absolute atomic E-state index is 5.51. The predicted molar refractivity (Wildman–Crippen MR) is 85.0 cm³/mol. The zero-order chi connectivity index (χ0) is 14.8. The van der Waals surface area contributed by atoms with Gasteiger partial charge in [-0.05, 0) is 30.1 Å². The molecule has 2 heterocycles. The first-order valence-corrected chi connectivity index (χ1v) is 8.43. The van der Waals surface area contributed by atoms with Crippen molar-refractivity contribution in [3.8, 4) is 0 Å². The van der Waals surface area contributed by atoms with E-state index < -0.39 is 0 Å². The highest BCUT2D eigenvalue weighted by molar-refractivity contribution is 4.94. The van der Waals surface area contributed by atoms with Gasteiger partial charge in [-0.25, -0.2) is 0 Å². The molecule has 2 fully saturated rings. The third-order valence-electron chi connectivity index (χ3n) is 5.08. The highest BCUT2D eigenvalue weighted by Crippen LogP contribution is 2.29. The van der Waals surface area contributed by atoms with Gasteiger partial charge in [0.15, 0.2) is 0 Å². The molecule has 0 saturated carbocycles. The van der Waals surface area contributed by atoms with Crippen LogP contribution in [0.1, 0.15) is 47.5 Å². The van der Waals surface area contributed by atoms with Gasteiger partial charge in [-0.2, -0.15) is 0 Å². The van der Waals surface area contributed by atoms with Crippen molar-refractivity contribution in [2.24, 2.45) is 17.3 Å². The van der Waals surface area contributed by atoms with Gasteiger partial charge in [0.1, 0.15) is 0 Å². The number of piperazine rings is 1. The normalized spacial score (nSPS) is 30.9. The molecule has 3 nitrogen and oxygen atoms in total. The minimum atomic E-state index is 0.347. The Hall–Kier alpha value is -0.120. The fourth-order valence-electron chi connectivity index (χ4n) is 3.60. The van der Waals surface area contributed by atoms with Gasteiger partial charge in [-0.15, -0.1) is 0 Å². The van der Waals surface area contributed by atoms with Crippen LogP contribution >= 0.6 is 0 Å². The first kappa shape index (κ1) is 16.3. The minimum absolute atomic E-state index is 0.347. The first-order chi connectivity index (χ1) is 9.38. The number of nitrogens with zero attached hydrogens (tertiary/aromatic N) is 1. The fraction of sp³-hybridized carbons (Fsp3) is 1.00. The topological polar surface area (TPSA) is 24.5 Å². The average Bonchev–Trinajstić information content (AvgIpc) is 2.38. The summed E-state index contributed by atoms with van der Waals surface area (Å²) in [5.74, 6) is 1.55. The van der Waals surface area contributed by atoms with Gasteiger partial charge in [0.05, 0.1) is 0 Å². The van der Waals surface area contributed by atoms with Crippen LogP contribution in [0.5, 0.6) is 0 Å². The third-order valence-corrected chi connectivity index (χ3v) is 5.08. The summed E-state index contributed by atoms with van der Waals surface area (Å²) in [4.78, 5) is 2.77. The molecule has 0 aromatic carbocycles. The molecule has 118 valence electrons. The largest absolute Gasteiger partial charge is 0.381 e. The van der Waals surface area contributed by atoms with E-state index in [0.717, 1.165) is 25.7 Å². The molecular weight excluding hydrogens is 248 g/mol. The fourth-order valence-corrected chi connectivity index (χ4v) is 3.60. The van der Waals surface area contributed by atoms with Crippen molar-refractivity contribution >= 4 is 0 Å². The van der Waals surface area contributed by atoms with Crippen molar-refractivity contribution < 1.29 is 4.74 Å². The van der Waals surface area contributed by atoms with E-state index in [1.54, 1.807) is 0 Å². The molecule has 1 N–H and O–H groups in total. The van der Waals surface area contributed by atoms with E-state index in [1.165, 1.54) is 25.9 Å². The van der Waals surface area contributed by atoms with Crippen LogP contribution in [-0.4, -0.2) is 49.8 Å². The van der Waals surface area contributed by atoms with Crippen molar-refractivity contribution in [1.29, 1.82) is 0 Å². The van der Waals surface area contributed by atoms with Gasteiger partial charge in [0.25, 0.3) is 0 Å². The summed E-state index contributed by atoms with van der Waals surface area (Å²) in [6.07, 6.45) is 2.49. The van der Waals surface area contributed by atoms with Crippen LogP contribution in [-0.2, 0) is 4.74 Å². The lowest BCUT2D eigenvalue weighted by molar-refractivity contribution is 0.00594. The number of ether oxygens (including phenoxy) is 1. The van der Waals surface area contributed by atoms with Crippen LogP contribution in [0, 0.1) is 17.3 Å². The molecule has 2 unspecified atom stereocenters. The number of hydrogen-bond donors (Lipinski definition) is 1. The van der Waals surface area contributed by atoms with Crippen LogP contribution < -0.4 is 5.32 Å². The molecule has 0 aromatic heterocycles. The van der Waals surface area contributed by atoms with Crippen molar-refractivity contribution in [2.45, 2.75) is 59.5 Å². The van der Waals surface area contributed by atoms with Gasteiger partial charge in [-0.3, -0.25) is 4.90 Å². The van der Waals surface area contributed by atoms with Crippen LogP contribution in [0.25, 0.3) is 0 Å². The zero-order valence-electron chi connectivity index (χ0n) is 14.1. The second-order valence-corrected chi connectivity index (χ2v) is 8.15. The van der Waals surface area contributed by atoms with E-state index in [0.29, 0.717) is 23.4 Å². The predicted octanol–water partition coefficient (Wildman–Crippen LogP) is 2.76. The molecule has 0 amide bonds. The van der Waals surface area contributed by atoms with Crippen molar-refractivity contribution in [3.05, 3.63) is 0 Å². The first-order valence-electron chi connectivity index (χ1n) is 8.43. The average molecular weight is 282 g/mol. The number of rotatable bonds is 3. The van der Waals surface area contributed by atoms with Gasteiger partial charge >= 0.3 is 0 Å². The molecule has 0 radical (unpaired) electrons. The molecule has 2 saturated heterocycles. The van der Waals surface area contributed by atoms with Crippen molar-refractivity contribution in [2.75, 3.05) is 32.8 Å². The summed E-state index contributed by atoms with van der Waals surface area (Å²) in [5.41, 5.74) is 0.347. The second-order valence-electron chi connectivity index (χ2n) is 8.15. The van der Waals surface area contributed by atoms with Crippen LogP contribution in [0.15, 0.2) is 0 Å². The molecule has 2 atom stereocenters. The standard InChI is InChI=1S/C17H34N2O/c1-13(2)15-12-19(11-14-6-8-20-9-7-14)16(10-18-15)17(3,4)5/h13-16,18H,6-12H2,1-5H3. The molecule has 2 aliphatic heterocycles. The maximum Gasteiger partial charge on any atom is 0.0469 e. The molecular formula is C17H34N2O.